The van der Waals surface area contributed by atoms with Gasteiger partial charge in [-0.2, -0.15) is 0 Å². The molecule has 62 heavy (non-hydrogen) atoms. The summed E-state index contributed by atoms with van der Waals surface area (Å²) >= 11 is 0. The summed E-state index contributed by atoms with van der Waals surface area (Å²) in [5, 5.41) is 0. The molecule has 1 atom stereocenters. The van der Waals surface area contributed by atoms with Crippen molar-refractivity contribution in [2.75, 3.05) is 13.2 Å². The van der Waals surface area contributed by atoms with Gasteiger partial charge in [-0.25, -0.2) is 0 Å². The van der Waals surface area contributed by atoms with Gasteiger partial charge >= 0.3 is 17.9 Å². The fraction of sp³-hybridized carbons (Fsp3) is 0.946. The van der Waals surface area contributed by atoms with E-state index in [1.807, 2.05) is 0 Å². The van der Waals surface area contributed by atoms with Gasteiger partial charge in [0.1, 0.15) is 13.2 Å². The van der Waals surface area contributed by atoms with Gasteiger partial charge in [-0.15, -0.1) is 0 Å². The first-order valence-electron chi connectivity index (χ1n) is 27.6. The van der Waals surface area contributed by atoms with Gasteiger partial charge in [0.2, 0.25) is 0 Å². The highest BCUT2D eigenvalue weighted by molar-refractivity contribution is 5.71. The zero-order valence-corrected chi connectivity index (χ0v) is 42.7. The molecule has 0 N–H and O–H groups in total. The van der Waals surface area contributed by atoms with Crippen LogP contribution in [-0.4, -0.2) is 37.2 Å². The molecular weight excluding hydrogens is 769 g/mol. The van der Waals surface area contributed by atoms with Crippen molar-refractivity contribution in [3.05, 3.63) is 0 Å². The molecule has 0 fully saturated rings. The smallest absolute Gasteiger partial charge is 0.306 e. The first-order valence-corrected chi connectivity index (χ1v) is 27.6. The summed E-state index contributed by atoms with van der Waals surface area (Å²) < 4.78 is 16.8. The lowest BCUT2D eigenvalue weighted by atomic mass is 10.0. The topological polar surface area (TPSA) is 78.9 Å². The minimum atomic E-state index is -0.763. The molecule has 0 aromatic rings. The Balaban J connectivity index is 4.22. The van der Waals surface area contributed by atoms with E-state index >= 15 is 0 Å². The molecule has 0 aromatic carbocycles. The maximum absolute atomic E-state index is 12.8. The van der Waals surface area contributed by atoms with Crippen molar-refractivity contribution in [3.8, 4) is 0 Å². The molecule has 0 unspecified atom stereocenters. The number of carbonyl (C=O) groups is 3. The summed E-state index contributed by atoms with van der Waals surface area (Å²) in [6.45, 7) is 13.7. The molecule has 0 amide bonds. The zero-order chi connectivity index (χ0) is 45.6. The van der Waals surface area contributed by atoms with Gasteiger partial charge in [0.25, 0.3) is 0 Å². The van der Waals surface area contributed by atoms with Crippen LogP contribution in [0.2, 0.25) is 0 Å². The highest BCUT2D eigenvalue weighted by Gasteiger charge is 2.19. The van der Waals surface area contributed by atoms with Crippen LogP contribution in [0.1, 0.15) is 305 Å². The second kappa shape index (κ2) is 47.4. The summed E-state index contributed by atoms with van der Waals surface area (Å²) in [6, 6.07) is 0. The van der Waals surface area contributed by atoms with E-state index in [9.17, 15) is 14.4 Å². The van der Waals surface area contributed by atoms with Crippen LogP contribution in [0.15, 0.2) is 0 Å². The van der Waals surface area contributed by atoms with E-state index in [1.165, 1.54) is 186 Å². The normalized spacial score (nSPS) is 12.1. The number of rotatable bonds is 49. The number of hydrogen-bond donors (Lipinski definition) is 0. The number of unbranched alkanes of at least 4 members (excludes halogenated alkanes) is 32. The molecule has 0 aliphatic rings. The number of esters is 3. The summed E-state index contributed by atoms with van der Waals surface area (Å²) in [5.41, 5.74) is 0. The number of carbonyl (C=O) groups excluding carboxylic acids is 3. The van der Waals surface area contributed by atoms with E-state index in [4.69, 9.17) is 14.2 Å². The fourth-order valence-electron chi connectivity index (χ4n) is 8.47. The molecule has 0 saturated heterocycles. The van der Waals surface area contributed by atoms with E-state index < -0.39 is 6.10 Å². The van der Waals surface area contributed by atoms with Gasteiger partial charge in [0.15, 0.2) is 6.10 Å². The van der Waals surface area contributed by atoms with Crippen molar-refractivity contribution >= 4 is 17.9 Å². The quantitative estimate of drug-likeness (QED) is 0.0344. The molecule has 6 nitrogen and oxygen atoms in total. The first-order chi connectivity index (χ1) is 30.1. The average molecular weight is 877 g/mol. The third-order valence-corrected chi connectivity index (χ3v) is 12.6. The van der Waals surface area contributed by atoms with Crippen molar-refractivity contribution in [1.29, 1.82) is 0 Å². The van der Waals surface area contributed by atoms with Crippen LogP contribution >= 0.6 is 0 Å². The third kappa shape index (κ3) is 49.4. The van der Waals surface area contributed by atoms with Gasteiger partial charge in [-0.1, -0.05) is 266 Å². The lowest BCUT2D eigenvalue weighted by Gasteiger charge is -2.18. The molecule has 0 saturated carbocycles. The van der Waals surface area contributed by atoms with E-state index in [0.717, 1.165) is 75.5 Å². The van der Waals surface area contributed by atoms with Crippen LogP contribution in [0.5, 0.6) is 0 Å². The molecular formula is C56H108O6. The van der Waals surface area contributed by atoms with Crippen LogP contribution in [0.4, 0.5) is 0 Å². The molecule has 0 aliphatic carbocycles. The standard InChI is InChI=1S/C56H108O6/c1-50(2)42-36-30-24-20-16-12-9-7-8-10-14-18-22-26-33-39-45-54(57)60-48-53(49-61-55(58)46-40-34-29-28-32-38-44-52(5)6)62-56(59)47-41-35-27-23-19-15-11-13-17-21-25-31-37-43-51(3)4/h50-53H,7-49H2,1-6H3/t53-/m0/s1. The van der Waals surface area contributed by atoms with Crippen LogP contribution < -0.4 is 0 Å². The molecule has 368 valence electrons. The predicted molar refractivity (Wildman–Crippen MR) is 266 cm³/mol. The van der Waals surface area contributed by atoms with Crippen molar-refractivity contribution in [3.63, 3.8) is 0 Å². The van der Waals surface area contributed by atoms with E-state index in [2.05, 4.69) is 41.5 Å². The highest BCUT2D eigenvalue weighted by Crippen LogP contribution is 2.18. The molecule has 0 spiro atoms. The molecule has 6 heteroatoms. The van der Waals surface area contributed by atoms with Gasteiger partial charge < -0.3 is 14.2 Å². The van der Waals surface area contributed by atoms with Crippen molar-refractivity contribution < 1.29 is 28.6 Å². The third-order valence-electron chi connectivity index (χ3n) is 12.6. The van der Waals surface area contributed by atoms with Crippen LogP contribution in [0, 0.1) is 17.8 Å². The minimum absolute atomic E-state index is 0.0647. The summed E-state index contributed by atoms with van der Waals surface area (Å²) in [7, 11) is 0. The SMILES string of the molecule is CC(C)CCCCCCCCCCCCCCCCCCC(=O)OC[C@@H](COC(=O)CCCCCCCCC(C)C)OC(=O)CCCCCCCCCCCCCCCC(C)C. The van der Waals surface area contributed by atoms with E-state index in [1.54, 1.807) is 0 Å². The fourth-order valence-corrected chi connectivity index (χ4v) is 8.47. The summed E-state index contributed by atoms with van der Waals surface area (Å²) in [4.78, 5) is 38.0. The largest absolute Gasteiger partial charge is 0.462 e. The summed E-state index contributed by atoms with van der Waals surface area (Å²) in [6.07, 6.45) is 48.2. The van der Waals surface area contributed by atoms with Gasteiger partial charge in [0.05, 0.1) is 0 Å². The number of ether oxygens (including phenoxy) is 3. The Kier molecular flexibility index (Phi) is 46.2. The minimum Gasteiger partial charge on any atom is -0.462 e. The molecule has 0 radical (unpaired) electrons. The second-order valence-corrected chi connectivity index (χ2v) is 20.6. The first kappa shape index (κ1) is 60.4. The molecule has 0 aliphatic heterocycles. The molecule has 0 bridgehead atoms. The van der Waals surface area contributed by atoms with Crippen molar-refractivity contribution in [2.24, 2.45) is 17.8 Å². The number of hydrogen-bond acceptors (Lipinski definition) is 6. The zero-order valence-electron chi connectivity index (χ0n) is 42.7. The molecule has 0 rings (SSSR count). The lowest BCUT2D eigenvalue weighted by Crippen LogP contribution is -2.30. The maximum atomic E-state index is 12.8. The average Bonchev–Trinajstić information content (AvgIpc) is 3.23. The second-order valence-electron chi connectivity index (χ2n) is 20.6. The van der Waals surface area contributed by atoms with Crippen molar-refractivity contribution in [1.82, 2.24) is 0 Å². The lowest BCUT2D eigenvalue weighted by molar-refractivity contribution is -0.167. The van der Waals surface area contributed by atoms with Gasteiger partial charge in [0, 0.05) is 19.3 Å². The maximum Gasteiger partial charge on any atom is 0.306 e. The van der Waals surface area contributed by atoms with Crippen LogP contribution in [0.3, 0.4) is 0 Å². The Morgan fingerprint density at radius 3 is 0.694 bits per heavy atom. The predicted octanol–water partition coefficient (Wildman–Crippen LogP) is 17.9. The van der Waals surface area contributed by atoms with E-state index in [0.29, 0.717) is 19.3 Å². The Labute approximate surface area is 387 Å². The van der Waals surface area contributed by atoms with E-state index in [-0.39, 0.29) is 31.1 Å². The molecule has 0 aromatic heterocycles. The Hall–Kier alpha value is -1.59. The highest BCUT2D eigenvalue weighted by atomic mass is 16.6. The van der Waals surface area contributed by atoms with Crippen molar-refractivity contribution in [2.45, 2.75) is 311 Å². The van der Waals surface area contributed by atoms with Gasteiger partial charge in [-0.3, -0.25) is 14.4 Å². The summed E-state index contributed by atoms with van der Waals surface area (Å²) in [5.74, 6) is 1.60. The monoisotopic (exact) mass is 877 g/mol. The molecule has 0 heterocycles. The van der Waals surface area contributed by atoms with Gasteiger partial charge in [-0.05, 0) is 37.0 Å². The van der Waals surface area contributed by atoms with Crippen LogP contribution in [-0.2, 0) is 28.6 Å². The Bertz CT molecular complexity index is 960. The van der Waals surface area contributed by atoms with Crippen LogP contribution in [0.25, 0.3) is 0 Å². The Morgan fingerprint density at radius 2 is 0.468 bits per heavy atom. The Morgan fingerprint density at radius 1 is 0.274 bits per heavy atom.